The predicted molar refractivity (Wildman–Crippen MR) is 119 cm³/mol. The van der Waals surface area contributed by atoms with E-state index in [2.05, 4.69) is 0 Å². The van der Waals surface area contributed by atoms with E-state index in [0.29, 0.717) is 15.5 Å². The smallest absolute Gasteiger partial charge is 0.316 e. The quantitative estimate of drug-likeness (QED) is 0.166. The summed E-state index contributed by atoms with van der Waals surface area (Å²) in [4.78, 5) is 24.8. The Balaban J connectivity index is 1.51. The lowest BCUT2D eigenvalue weighted by Gasteiger charge is -2.08. The standard InChI is InChI=1S/C22H15Cl3O3S/c23-17-10-11-19(22(25)21(17)24)29-13-20(27)28-12-18(26)16-8-6-15(7-9-16)14-4-2-1-3-5-14/h1-11H,12-13H2. The van der Waals surface area contributed by atoms with Gasteiger partial charge in [0.05, 0.1) is 20.8 Å². The maximum Gasteiger partial charge on any atom is 0.316 e. The molecule has 0 atom stereocenters. The Morgan fingerprint density at radius 2 is 1.45 bits per heavy atom. The molecule has 0 saturated heterocycles. The fraction of sp³-hybridized carbons (Fsp3) is 0.0909. The second kappa shape index (κ2) is 10.2. The van der Waals surface area contributed by atoms with Crippen molar-refractivity contribution >= 4 is 58.3 Å². The number of ketones is 1. The van der Waals surface area contributed by atoms with Gasteiger partial charge in [-0.15, -0.1) is 11.8 Å². The average Bonchev–Trinajstić information content (AvgIpc) is 2.76. The van der Waals surface area contributed by atoms with Crippen LogP contribution in [-0.2, 0) is 9.53 Å². The second-order valence-electron chi connectivity index (χ2n) is 5.99. The van der Waals surface area contributed by atoms with Gasteiger partial charge < -0.3 is 4.74 Å². The van der Waals surface area contributed by atoms with Crippen molar-refractivity contribution in [3.63, 3.8) is 0 Å². The largest absolute Gasteiger partial charge is 0.457 e. The number of Topliss-reactive ketones (excluding diaryl/α,β-unsaturated/α-hetero) is 1. The van der Waals surface area contributed by atoms with Gasteiger partial charge in [-0.25, -0.2) is 0 Å². The summed E-state index contributed by atoms with van der Waals surface area (Å²) in [5.74, 6) is -0.792. The predicted octanol–water partition coefficient (Wildman–Crippen LogP) is 6.83. The summed E-state index contributed by atoms with van der Waals surface area (Å²) in [6.45, 7) is -0.320. The van der Waals surface area contributed by atoms with Crippen molar-refractivity contribution in [3.8, 4) is 11.1 Å². The third-order valence-corrected chi connectivity index (χ3v) is 6.46. The van der Waals surface area contributed by atoms with Crippen LogP contribution in [0.25, 0.3) is 11.1 Å². The number of carbonyl (C=O) groups excluding carboxylic acids is 2. The second-order valence-corrected chi connectivity index (χ2v) is 8.17. The van der Waals surface area contributed by atoms with E-state index < -0.39 is 5.97 Å². The van der Waals surface area contributed by atoms with Gasteiger partial charge in [-0.3, -0.25) is 9.59 Å². The van der Waals surface area contributed by atoms with Gasteiger partial charge in [-0.2, -0.15) is 0 Å². The molecule has 0 bridgehead atoms. The Kier molecular flexibility index (Phi) is 7.62. The van der Waals surface area contributed by atoms with Gasteiger partial charge in [-0.1, -0.05) is 89.4 Å². The Hall–Kier alpha value is -1.98. The summed E-state index contributed by atoms with van der Waals surface area (Å²) < 4.78 is 5.08. The molecule has 0 aromatic heterocycles. The molecule has 0 N–H and O–H groups in total. The maximum atomic E-state index is 12.3. The molecule has 0 radical (unpaired) electrons. The lowest BCUT2D eigenvalue weighted by atomic mass is 10.0. The summed E-state index contributed by atoms with van der Waals surface area (Å²) in [5, 5.41) is 0.861. The van der Waals surface area contributed by atoms with Crippen molar-refractivity contribution < 1.29 is 14.3 Å². The van der Waals surface area contributed by atoms with Crippen LogP contribution >= 0.6 is 46.6 Å². The molecule has 148 valence electrons. The van der Waals surface area contributed by atoms with E-state index in [4.69, 9.17) is 39.5 Å². The number of thioether (sulfide) groups is 1. The first kappa shape index (κ1) is 21.7. The van der Waals surface area contributed by atoms with Crippen LogP contribution in [0.2, 0.25) is 15.1 Å². The fourth-order valence-electron chi connectivity index (χ4n) is 2.51. The Bertz CT molecular complexity index is 1020. The zero-order valence-corrected chi connectivity index (χ0v) is 18.1. The molecule has 29 heavy (non-hydrogen) atoms. The van der Waals surface area contributed by atoms with E-state index in [1.54, 1.807) is 24.3 Å². The molecule has 0 heterocycles. The van der Waals surface area contributed by atoms with E-state index in [0.717, 1.165) is 22.9 Å². The van der Waals surface area contributed by atoms with Crippen molar-refractivity contribution in [2.45, 2.75) is 4.90 Å². The Morgan fingerprint density at radius 3 is 2.14 bits per heavy atom. The van der Waals surface area contributed by atoms with Gasteiger partial charge in [0.1, 0.15) is 0 Å². The lowest BCUT2D eigenvalue weighted by molar-refractivity contribution is -0.139. The van der Waals surface area contributed by atoms with Gasteiger partial charge >= 0.3 is 5.97 Å². The summed E-state index contributed by atoms with van der Waals surface area (Å²) in [7, 11) is 0. The van der Waals surface area contributed by atoms with Gasteiger partial charge in [0.15, 0.2) is 12.4 Å². The molecular weight excluding hydrogens is 451 g/mol. The van der Waals surface area contributed by atoms with Crippen molar-refractivity contribution in [1.29, 1.82) is 0 Å². The molecule has 3 aromatic carbocycles. The lowest BCUT2D eigenvalue weighted by Crippen LogP contribution is -2.15. The molecular formula is C22H15Cl3O3S. The fourth-order valence-corrected chi connectivity index (χ4v) is 4.01. The van der Waals surface area contributed by atoms with Crippen molar-refractivity contribution in [2.24, 2.45) is 0 Å². The number of halogens is 3. The van der Waals surface area contributed by atoms with Crippen molar-refractivity contribution in [1.82, 2.24) is 0 Å². The minimum atomic E-state index is -0.522. The first-order chi connectivity index (χ1) is 14.0. The van der Waals surface area contributed by atoms with Crippen LogP contribution in [-0.4, -0.2) is 24.1 Å². The third kappa shape index (κ3) is 5.77. The van der Waals surface area contributed by atoms with Gasteiger partial charge in [0.25, 0.3) is 0 Å². The van der Waals surface area contributed by atoms with Crippen LogP contribution in [0.15, 0.2) is 71.6 Å². The monoisotopic (exact) mass is 464 g/mol. The van der Waals surface area contributed by atoms with Crippen LogP contribution in [0, 0.1) is 0 Å². The van der Waals surface area contributed by atoms with Crippen molar-refractivity contribution in [2.75, 3.05) is 12.4 Å². The molecule has 0 aliphatic heterocycles. The highest BCUT2D eigenvalue weighted by Gasteiger charge is 2.14. The average molecular weight is 466 g/mol. The van der Waals surface area contributed by atoms with Crippen LogP contribution in [0.4, 0.5) is 0 Å². The number of benzene rings is 3. The summed E-state index contributed by atoms with van der Waals surface area (Å²) >= 11 is 19.1. The number of ether oxygens (including phenoxy) is 1. The van der Waals surface area contributed by atoms with Gasteiger partial charge in [0.2, 0.25) is 0 Å². The molecule has 0 spiro atoms. The third-order valence-electron chi connectivity index (χ3n) is 4.02. The highest BCUT2D eigenvalue weighted by atomic mass is 35.5. The van der Waals surface area contributed by atoms with Gasteiger partial charge in [0, 0.05) is 10.5 Å². The number of esters is 1. The van der Waals surface area contributed by atoms with Crippen LogP contribution < -0.4 is 0 Å². The van der Waals surface area contributed by atoms with E-state index in [1.165, 1.54) is 0 Å². The van der Waals surface area contributed by atoms with Gasteiger partial charge in [-0.05, 0) is 23.3 Å². The minimum absolute atomic E-state index is 0.00208. The maximum absolute atomic E-state index is 12.3. The molecule has 3 rings (SSSR count). The van der Waals surface area contributed by atoms with E-state index in [9.17, 15) is 9.59 Å². The zero-order valence-electron chi connectivity index (χ0n) is 15.0. The molecule has 0 aliphatic rings. The zero-order chi connectivity index (χ0) is 20.8. The summed E-state index contributed by atoms with van der Waals surface area (Å²) in [5.41, 5.74) is 2.56. The topological polar surface area (TPSA) is 43.4 Å². The molecule has 0 fully saturated rings. The highest BCUT2D eigenvalue weighted by molar-refractivity contribution is 8.00. The van der Waals surface area contributed by atoms with E-state index >= 15 is 0 Å². The molecule has 7 heteroatoms. The normalized spacial score (nSPS) is 10.6. The summed E-state index contributed by atoms with van der Waals surface area (Å²) in [6, 6.07) is 20.3. The number of hydrogen-bond donors (Lipinski definition) is 0. The first-order valence-electron chi connectivity index (χ1n) is 8.56. The first-order valence-corrected chi connectivity index (χ1v) is 10.7. The number of carbonyl (C=O) groups is 2. The van der Waals surface area contributed by atoms with Crippen LogP contribution in [0.5, 0.6) is 0 Å². The molecule has 0 unspecified atom stereocenters. The van der Waals surface area contributed by atoms with Crippen LogP contribution in [0.1, 0.15) is 10.4 Å². The molecule has 3 nitrogen and oxygen atoms in total. The molecule has 0 amide bonds. The minimum Gasteiger partial charge on any atom is -0.457 e. The Morgan fingerprint density at radius 1 is 0.793 bits per heavy atom. The summed E-state index contributed by atoms with van der Waals surface area (Å²) in [6.07, 6.45) is 0. The van der Waals surface area contributed by atoms with Crippen molar-refractivity contribution in [3.05, 3.63) is 87.4 Å². The number of rotatable bonds is 7. The van der Waals surface area contributed by atoms with E-state index in [-0.39, 0.29) is 28.2 Å². The Labute approximate surface area is 187 Å². The number of hydrogen-bond acceptors (Lipinski definition) is 4. The molecule has 3 aromatic rings. The van der Waals surface area contributed by atoms with Crippen LogP contribution in [0.3, 0.4) is 0 Å². The SMILES string of the molecule is O=C(CSc1ccc(Cl)c(Cl)c1Cl)OCC(=O)c1ccc(-c2ccccc2)cc1. The van der Waals surface area contributed by atoms with E-state index in [1.807, 2.05) is 42.5 Å². The molecule has 0 saturated carbocycles. The highest BCUT2D eigenvalue weighted by Crippen LogP contribution is 2.37. The molecule has 0 aliphatic carbocycles.